The summed E-state index contributed by atoms with van der Waals surface area (Å²) in [6, 6.07) is 0.706. The van der Waals surface area contributed by atoms with Crippen molar-refractivity contribution in [2.24, 2.45) is 5.41 Å². The lowest BCUT2D eigenvalue weighted by molar-refractivity contribution is 0.0678. The zero-order chi connectivity index (χ0) is 15.3. The molecule has 2 heteroatoms. The smallest absolute Gasteiger partial charge is 0.0362 e. The van der Waals surface area contributed by atoms with E-state index in [2.05, 4.69) is 37.9 Å². The van der Waals surface area contributed by atoms with Gasteiger partial charge in [-0.1, -0.05) is 40.5 Å². The van der Waals surface area contributed by atoms with Crippen LogP contribution in [0.3, 0.4) is 0 Å². The Balaban J connectivity index is 2.09. The molecule has 21 heavy (non-hydrogen) atoms. The fourth-order valence-electron chi connectivity index (χ4n) is 4.49. The van der Waals surface area contributed by atoms with Crippen LogP contribution in [-0.4, -0.2) is 36.1 Å². The number of nitrogens with one attached hydrogen (secondary N) is 1. The first-order chi connectivity index (χ1) is 9.98. The minimum Gasteiger partial charge on any atom is -0.312 e. The van der Waals surface area contributed by atoms with Crippen molar-refractivity contribution in [2.75, 3.05) is 19.6 Å². The number of nitrogens with zero attached hydrogens (tertiary/aromatic N) is 1. The molecule has 1 atom stereocenters. The highest BCUT2D eigenvalue weighted by atomic mass is 15.2. The quantitative estimate of drug-likeness (QED) is 0.739. The zero-order valence-corrected chi connectivity index (χ0v) is 15.0. The van der Waals surface area contributed by atoms with Crippen molar-refractivity contribution < 1.29 is 0 Å². The fourth-order valence-corrected chi connectivity index (χ4v) is 4.49. The summed E-state index contributed by atoms with van der Waals surface area (Å²) >= 11 is 0. The van der Waals surface area contributed by atoms with Gasteiger partial charge in [0, 0.05) is 11.6 Å². The van der Waals surface area contributed by atoms with E-state index in [0.717, 1.165) is 0 Å². The van der Waals surface area contributed by atoms with Gasteiger partial charge in [-0.15, -0.1) is 0 Å². The average Bonchev–Trinajstić information content (AvgIpc) is 3.09. The van der Waals surface area contributed by atoms with Gasteiger partial charge in [0.2, 0.25) is 0 Å². The second-order valence-corrected chi connectivity index (χ2v) is 8.61. The summed E-state index contributed by atoms with van der Waals surface area (Å²) in [6.07, 6.45) is 12.5. The molecule has 1 aliphatic heterocycles. The molecule has 1 aliphatic carbocycles. The first kappa shape index (κ1) is 17.3. The van der Waals surface area contributed by atoms with Crippen LogP contribution in [0.15, 0.2) is 0 Å². The van der Waals surface area contributed by atoms with Crippen LogP contribution < -0.4 is 5.32 Å². The van der Waals surface area contributed by atoms with Gasteiger partial charge < -0.3 is 5.32 Å². The van der Waals surface area contributed by atoms with Gasteiger partial charge in [-0.3, -0.25) is 4.90 Å². The van der Waals surface area contributed by atoms with Crippen LogP contribution in [-0.2, 0) is 0 Å². The monoisotopic (exact) mass is 294 g/mol. The second-order valence-electron chi connectivity index (χ2n) is 8.61. The van der Waals surface area contributed by atoms with Crippen molar-refractivity contribution in [3.05, 3.63) is 0 Å². The van der Waals surface area contributed by atoms with Gasteiger partial charge in [-0.05, 0) is 70.0 Å². The first-order valence-corrected chi connectivity index (χ1v) is 9.46. The Labute approximate surface area is 133 Å². The number of rotatable bonds is 7. The number of hydrogen-bond acceptors (Lipinski definition) is 2. The summed E-state index contributed by atoms with van der Waals surface area (Å²) in [7, 11) is 0. The van der Waals surface area contributed by atoms with E-state index in [1.54, 1.807) is 0 Å². The van der Waals surface area contributed by atoms with Crippen LogP contribution >= 0.6 is 0 Å². The molecular weight excluding hydrogens is 256 g/mol. The van der Waals surface area contributed by atoms with Gasteiger partial charge in [0.1, 0.15) is 0 Å². The Kier molecular flexibility index (Phi) is 6.14. The lowest BCUT2D eigenvalue weighted by Crippen LogP contribution is -2.59. The summed E-state index contributed by atoms with van der Waals surface area (Å²) in [5.41, 5.74) is 0.938. The Morgan fingerprint density at radius 1 is 1.05 bits per heavy atom. The topological polar surface area (TPSA) is 15.3 Å². The maximum Gasteiger partial charge on any atom is 0.0362 e. The van der Waals surface area contributed by atoms with Crippen molar-refractivity contribution in [1.29, 1.82) is 0 Å². The van der Waals surface area contributed by atoms with Crippen molar-refractivity contribution in [3.63, 3.8) is 0 Å². The first-order valence-electron chi connectivity index (χ1n) is 9.46. The molecule has 2 rings (SSSR count). The highest BCUT2D eigenvalue weighted by Gasteiger charge is 2.46. The van der Waals surface area contributed by atoms with Gasteiger partial charge in [-0.25, -0.2) is 0 Å². The van der Waals surface area contributed by atoms with Crippen molar-refractivity contribution >= 4 is 0 Å². The molecule has 0 radical (unpaired) electrons. The second kappa shape index (κ2) is 7.46. The highest BCUT2D eigenvalue weighted by molar-refractivity contribution is 5.04. The molecule has 0 aromatic carbocycles. The predicted molar refractivity (Wildman–Crippen MR) is 92.8 cm³/mol. The molecule has 1 heterocycles. The molecule has 0 aromatic heterocycles. The summed E-state index contributed by atoms with van der Waals surface area (Å²) in [5, 5.41) is 3.96. The van der Waals surface area contributed by atoms with E-state index < -0.39 is 0 Å². The standard InChI is InChI=1S/C19H38N2/c1-5-14-20-17(10-13-18(2,3)4)19(11-6-7-12-19)21-15-8-9-16-21/h17,20H,5-16H2,1-4H3. The molecule has 0 spiro atoms. The van der Waals surface area contributed by atoms with E-state index in [4.69, 9.17) is 0 Å². The molecule has 2 aliphatic rings. The lowest BCUT2D eigenvalue weighted by Gasteiger charge is -2.46. The summed E-state index contributed by atoms with van der Waals surface area (Å²) < 4.78 is 0. The molecule has 0 aromatic rings. The summed E-state index contributed by atoms with van der Waals surface area (Å²) in [6.45, 7) is 13.3. The van der Waals surface area contributed by atoms with Gasteiger partial charge in [0.05, 0.1) is 0 Å². The molecule has 0 amide bonds. The third-order valence-corrected chi connectivity index (χ3v) is 5.68. The van der Waals surface area contributed by atoms with E-state index >= 15 is 0 Å². The van der Waals surface area contributed by atoms with E-state index in [1.165, 1.54) is 77.4 Å². The third kappa shape index (κ3) is 4.45. The minimum atomic E-state index is 0.455. The zero-order valence-electron chi connectivity index (χ0n) is 15.0. The highest BCUT2D eigenvalue weighted by Crippen LogP contribution is 2.42. The van der Waals surface area contributed by atoms with Gasteiger partial charge in [0.25, 0.3) is 0 Å². The minimum absolute atomic E-state index is 0.455. The molecule has 1 unspecified atom stereocenters. The summed E-state index contributed by atoms with van der Waals surface area (Å²) in [5.74, 6) is 0. The van der Waals surface area contributed by atoms with Crippen LogP contribution in [0.25, 0.3) is 0 Å². The van der Waals surface area contributed by atoms with E-state index in [9.17, 15) is 0 Å². The molecule has 1 saturated carbocycles. The summed E-state index contributed by atoms with van der Waals surface area (Å²) in [4.78, 5) is 2.87. The largest absolute Gasteiger partial charge is 0.312 e. The molecule has 0 bridgehead atoms. The maximum atomic E-state index is 3.96. The van der Waals surface area contributed by atoms with E-state index in [-0.39, 0.29) is 0 Å². The van der Waals surface area contributed by atoms with Crippen LogP contribution in [0, 0.1) is 5.41 Å². The number of hydrogen-bond donors (Lipinski definition) is 1. The van der Waals surface area contributed by atoms with E-state index in [1.807, 2.05) is 0 Å². The Bertz CT molecular complexity index is 293. The molecule has 124 valence electrons. The van der Waals surface area contributed by atoms with Crippen LogP contribution in [0.4, 0.5) is 0 Å². The molecule has 1 N–H and O–H groups in total. The van der Waals surface area contributed by atoms with Crippen LogP contribution in [0.1, 0.15) is 85.5 Å². The van der Waals surface area contributed by atoms with Gasteiger partial charge in [0.15, 0.2) is 0 Å². The number of likely N-dealkylation sites (tertiary alicyclic amines) is 1. The van der Waals surface area contributed by atoms with Crippen LogP contribution in [0.2, 0.25) is 0 Å². The fraction of sp³-hybridized carbons (Fsp3) is 1.00. The van der Waals surface area contributed by atoms with Crippen molar-refractivity contribution in [1.82, 2.24) is 10.2 Å². The Hall–Kier alpha value is -0.0800. The normalized spacial score (nSPS) is 24.6. The Morgan fingerprint density at radius 3 is 2.19 bits per heavy atom. The molecule has 1 saturated heterocycles. The predicted octanol–water partition coefficient (Wildman–Crippen LogP) is 4.59. The van der Waals surface area contributed by atoms with Crippen molar-refractivity contribution in [2.45, 2.75) is 97.1 Å². The van der Waals surface area contributed by atoms with Crippen LogP contribution in [0.5, 0.6) is 0 Å². The molecule has 2 nitrogen and oxygen atoms in total. The molecule has 2 fully saturated rings. The third-order valence-electron chi connectivity index (χ3n) is 5.68. The van der Waals surface area contributed by atoms with E-state index in [0.29, 0.717) is 17.0 Å². The molecular formula is C19H38N2. The maximum absolute atomic E-state index is 3.96. The SMILES string of the molecule is CCCNC(CCC(C)(C)C)C1(N2CCCC2)CCCC1. The van der Waals surface area contributed by atoms with Crippen molar-refractivity contribution in [3.8, 4) is 0 Å². The lowest BCUT2D eigenvalue weighted by atomic mass is 9.79. The van der Waals surface area contributed by atoms with Gasteiger partial charge >= 0.3 is 0 Å². The average molecular weight is 295 g/mol. The Morgan fingerprint density at radius 2 is 1.67 bits per heavy atom. The van der Waals surface area contributed by atoms with Gasteiger partial charge in [-0.2, -0.15) is 0 Å².